The van der Waals surface area contributed by atoms with Crippen LogP contribution in [0.4, 0.5) is 11.4 Å². The maximum absolute atomic E-state index is 5.79. The van der Waals surface area contributed by atoms with Crippen LogP contribution in [0.5, 0.6) is 0 Å². The summed E-state index contributed by atoms with van der Waals surface area (Å²) in [5.41, 5.74) is 16.8. The third-order valence-corrected chi connectivity index (χ3v) is 6.92. The molecular weight excluding hydrogens is 400 g/mol. The molecule has 0 amide bonds. The molecule has 2 nitrogen and oxygen atoms in total. The predicted molar refractivity (Wildman–Crippen MR) is 141 cm³/mol. The first-order valence-corrected chi connectivity index (χ1v) is 11.7. The van der Waals surface area contributed by atoms with Gasteiger partial charge in [0.25, 0.3) is 0 Å². The molecule has 0 aliphatic heterocycles. The molecule has 0 radical (unpaired) electrons. The molecule has 3 aromatic rings. The SMILES string of the molecule is C/C=C\C(=C/N)c1ccc(Nc2ccc3c(c2)C(C)(C2=CCCC=C2)c2ccccc2-3)cc1. The molecule has 0 aromatic heterocycles. The van der Waals surface area contributed by atoms with Crippen LogP contribution in [0.15, 0.2) is 109 Å². The molecule has 2 heteroatoms. The van der Waals surface area contributed by atoms with Crippen molar-refractivity contribution in [3.63, 3.8) is 0 Å². The zero-order valence-corrected chi connectivity index (χ0v) is 19.3. The van der Waals surface area contributed by atoms with Gasteiger partial charge in [-0.05, 0) is 89.9 Å². The van der Waals surface area contributed by atoms with Crippen LogP contribution in [0.1, 0.15) is 43.4 Å². The molecule has 3 aromatic carbocycles. The van der Waals surface area contributed by atoms with Crippen molar-refractivity contribution < 1.29 is 0 Å². The Balaban J connectivity index is 1.51. The highest BCUT2D eigenvalue weighted by molar-refractivity contribution is 5.85. The van der Waals surface area contributed by atoms with E-state index in [4.69, 9.17) is 5.73 Å². The lowest BCUT2D eigenvalue weighted by atomic mass is 9.72. The number of anilines is 2. The van der Waals surface area contributed by atoms with Crippen LogP contribution in [0.3, 0.4) is 0 Å². The van der Waals surface area contributed by atoms with Crippen molar-refractivity contribution in [3.8, 4) is 11.1 Å². The summed E-state index contributed by atoms with van der Waals surface area (Å²) < 4.78 is 0. The van der Waals surface area contributed by atoms with Gasteiger partial charge in [0.2, 0.25) is 0 Å². The molecule has 5 rings (SSSR count). The number of rotatable bonds is 5. The van der Waals surface area contributed by atoms with Crippen LogP contribution < -0.4 is 11.1 Å². The topological polar surface area (TPSA) is 38.0 Å². The zero-order valence-electron chi connectivity index (χ0n) is 19.3. The van der Waals surface area contributed by atoms with E-state index in [1.807, 2.05) is 19.1 Å². The summed E-state index contributed by atoms with van der Waals surface area (Å²) in [5, 5.41) is 3.61. The normalized spacial score (nSPS) is 19.3. The zero-order chi connectivity index (χ0) is 22.8. The summed E-state index contributed by atoms with van der Waals surface area (Å²) in [6.45, 7) is 4.37. The quantitative estimate of drug-likeness (QED) is 0.404. The summed E-state index contributed by atoms with van der Waals surface area (Å²) in [7, 11) is 0. The van der Waals surface area contributed by atoms with Gasteiger partial charge in [0.15, 0.2) is 0 Å². The summed E-state index contributed by atoms with van der Waals surface area (Å²) in [6, 6.07) is 24.1. The predicted octanol–water partition coefficient (Wildman–Crippen LogP) is 7.87. The largest absolute Gasteiger partial charge is 0.404 e. The number of nitrogens with two attached hydrogens (primary N) is 1. The maximum Gasteiger partial charge on any atom is 0.0433 e. The van der Waals surface area contributed by atoms with E-state index in [-0.39, 0.29) is 5.41 Å². The minimum atomic E-state index is -0.141. The fourth-order valence-corrected chi connectivity index (χ4v) is 5.21. The Morgan fingerprint density at radius 1 is 0.909 bits per heavy atom. The van der Waals surface area contributed by atoms with Gasteiger partial charge in [-0.2, -0.15) is 0 Å². The molecule has 0 spiro atoms. The van der Waals surface area contributed by atoms with Crippen molar-refractivity contribution in [1.82, 2.24) is 0 Å². The van der Waals surface area contributed by atoms with E-state index in [2.05, 4.69) is 97.2 Å². The van der Waals surface area contributed by atoms with Crippen LogP contribution in [0.25, 0.3) is 16.7 Å². The molecule has 0 bridgehead atoms. The fraction of sp³-hybridized carbons (Fsp3) is 0.161. The molecule has 164 valence electrons. The molecule has 1 unspecified atom stereocenters. The van der Waals surface area contributed by atoms with E-state index in [0.717, 1.165) is 35.4 Å². The third kappa shape index (κ3) is 3.62. The summed E-state index contributed by atoms with van der Waals surface area (Å²) in [6.07, 6.45) is 14.9. The maximum atomic E-state index is 5.79. The fourth-order valence-electron chi connectivity index (χ4n) is 5.21. The highest BCUT2D eigenvalue weighted by Gasteiger charge is 2.41. The van der Waals surface area contributed by atoms with Gasteiger partial charge in [-0.1, -0.05) is 72.8 Å². The summed E-state index contributed by atoms with van der Waals surface area (Å²) in [4.78, 5) is 0. The molecule has 0 heterocycles. The van der Waals surface area contributed by atoms with Crippen molar-refractivity contribution in [2.45, 2.75) is 32.1 Å². The minimum absolute atomic E-state index is 0.141. The first-order valence-electron chi connectivity index (χ1n) is 11.7. The molecule has 0 saturated carbocycles. The van der Waals surface area contributed by atoms with Gasteiger partial charge in [0, 0.05) is 23.0 Å². The van der Waals surface area contributed by atoms with Gasteiger partial charge >= 0.3 is 0 Å². The van der Waals surface area contributed by atoms with Gasteiger partial charge < -0.3 is 11.1 Å². The second-order valence-corrected chi connectivity index (χ2v) is 8.89. The Morgan fingerprint density at radius 3 is 2.39 bits per heavy atom. The number of fused-ring (bicyclic) bond motifs is 3. The smallest absolute Gasteiger partial charge is 0.0433 e. The van der Waals surface area contributed by atoms with Crippen molar-refractivity contribution in [3.05, 3.63) is 126 Å². The van der Waals surface area contributed by atoms with E-state index in [9.17, 15) is 0 Å². The summed E-state index contributed by atoms with van der Waals surface area (Å²) in [5.74, 6) is 0. The Labute approximate surface area is 196 Å². The van der Waals surface area contributed by atoms with Crippen LogP contribution in [-0.4, -0.2) is 0 Å². The van der Waals surface area contributed by atoms with E-state index < -0.39 is 0 Å². The molecule has 2 aliphatic rings. The molecule has 2 aliphatic carbocycles. The third-order valence-electron chi connectivity index (χ3n) is 6.92. The van der Waals surface area contributed by atoms with Crippen LogP contribution in [0.2, 0.25) is 0 Å². The van der Waals surface area contributed by atoms with Gasteiger partial charge in [-0.3, -0.25) is 0 Å². The molecule has 33 heavy (non-hydrogen) atoms. The minimum Gasteiger partial charge on any atom is -0.404 e. The molecule has 1 atom stereocenters. The number of hydrogen-bond donors (Lipinski definition) is 2. The monoisotopic (exact) mass is 430 g/mol. The number of nitrogens with one attached hydrogen (secondary N) is 1. The number of allylic oxidation sites excluding steroid dienone is 7. The average molecular weight is 431 g/mol. The second kappa shape index (κ2) is 8.63. The van der Waals surface area contributed by atoms with Crippen molar-refractivity contribution in [2.75, 3.05) is 5.32 Å². The Bertz CT molecular complexity index is 1310. The summed E-state index contributed by atoms with van der Waals surface area (Å²) >= 11 is 0. The first kappa shape index (κ1) is 21.1. The van der Waals surface area contributed by atoms with Crippen molar-refractivity contribution in [1.29, 1.82) is 0 Å². The van der Waals surface area contributed by atoms with Gasteiger partial charge in [-0.25, -0.2) is 0 Å². The van der Waals surface area contributed by atoms with Gasteiger partial charge in [0.05, 0.1) is 0 Å². The molecule has 0 fully saturated rings. The van der Waals surface area contributed by atoms with Gasteiger partial charge in [-0.15, -0.1) is 0 Å². The lowest BCUT2D eigenvalue weighted by Gasteiger charge is -2.31. The van der Waals surface area contributed by atoms with Crippen molar-refractivity contribution >= 4 is 16.9 Å². The second-order valence-electron chi connectivity index (χ2n) is 8.89. The first-order chi connectivity index (χ1) is 16.1. The molecular formula is C31H30N2. The van der Waals surface area contributed by atoms with E-state index in [1.54, 1.807) is 6.20 Å². The van der Waals surface area contributed by atoms with E-state index in [0.29, 0.717) is 0 Å². The number of hydrogen-bond acceptors (Lipinski definition) is 2. The van der Waals surface area contributed by atoms with Crippen LogP contribution >= 0.6 is 0 Å². The Morgan fingerprint density at radius 2 is 1.67 bits per heavy atom. The van der Waals surface area contributed by atoms with Crippen LogP contribution in [-0.2, 0) is 5.41 Å². The highest BCUT2D eigenvalue weighted by atomic mass is 14.9. The van der Waals surface area contributed by atoms with Gasteiger partial charge in [0.1, 0.15) is 0 Å². The number of benzene rings is 3. The van der Waals surface area contributed by atoms with Crippen LogP contribution in [0, 0.1) is 0 Å². The lowest BCUT2D eigenvalue weighted by molar-refractivity contribution is 0.701. The molecule has 0 saturated heterocycles. The van der Waals surface area contributed by atoms with Crippen molar-refractivity contribution in [2.24, 2.45) is 5.73 Å². The average Bonchev–Trinajstić information content (AvgIpc) is 3.13. The Hall–Kier alpha value is -3.78. The van der Waals surface area contributed by atoms with E-state index in [1.165, 1.54) is 27.8 Å². The van der Waals surface area contributed by atoms with E-state index >= 15 is 0 Å². The lowest BCUT2D eigenvalue weighted by Crippen LogP contribution is -2.23. The highest BCUT2D eigenvalue weighted by Crippen LogP contribution is 2.53. The molecule has 3 N–H and O–H groups in total. The Kier molecular flexibility index (Phi) is 5.51. The standard InChI is InChI=1S/C31H30N2/c1-3-9-23(21-32)22-14-16-25(17-15-22)33-26-18-19-28-27-12-7-8-13-29(27)31(2,30(28)20-26)24-10-5-4-6-11-24/h3,5,7-21,33H,4,6,32H2,1-2H3/b9-3-,23-21+.